The van der Waals surface area contributed by atoms with E-state index in [2.05, 4.69) is 40.7 Å². The molecule has 160 valence electrons. The third-order valence-corrected chi connectivity index (χ3v) is 6.87. The fraction of sp³-hybridized carbons (Fsp3) is 0.320. The first-order valence-electron chi connectivity index (χ1n) is 10.5. The van der Waals surface area contributed by atoms with Crippen LogP contribution >= 0.6 is 11.3 Å². The Morgan fingerprint density at radius 2 is 1.90 bits per heavy atom. The van der Waals surface area contributed by atoms with Crippen molar-refractivity contribution >= 4 is 23.2 Å². The van der Waals surface area contributed by atoms with Gasteiger partial charge >= 0.3 is 0 Å². The number of benzene rings is 1. The Morgan fingerprint density at radius 3 is 2.55 bits per heavy atom. The topological polar surface area (TPSA) is 53.5 Å². The van der Waals surface area contributed by atoms with E-state index in [0.29, 0.717) is 32.4 Å². The summed E-state index contributed by atoms with van der Waals surface area (Å²) in [6.45, 7) is 1.06. The van der Waals surface area contributed by atoms with E-state index in [9.17, 15) is 9.59 Å². The third-order valence-electron chi connectivity index (χ3n) is 5.95. The molecule has 6 heteroatoms. The number of rotatable bonds is 6. The lowest BCUT2D eigenvalue weighted by atomic mass is 9.79. The number of aromatic nitrogens is 1. The predicted molar refractivity (Wildman–Crippen MR) is 124 cm³/mol. The Kier molecular flexibility index (Phi) is 6.18. The molecule has 1 aliphatic heterocycles. The lowest BCUT2D eigenvalue weighted by Gasteiger charge is -2.31. The molecule has 1 aromatic carbocycles. The summed E-state index contributed by atoms with van der Waals surface area (Å²) in [4.78, 5) is 35.0. The van der Waals surface area contributed by atoms with Gasteiger partial charge in [0.25, 0.3) is 0 Å². The van der Waals surface area contributed by atoms with Crippen molar-refractivity contribution in [1.82, 2.24) is 14.8 Å². The van der Waals surface area contributed by atoms with E-state index in [1.807, 2.05) is 23.1 Å². The van der Waals surface area contributed by atoms with Crippen molar-refractivity contribution in [2.24, 2.45) is 5.41 Å². The van der Waals surface area contributed by atoms with Gasteiger partial charge in [-0.15, -0.1) is 11.3 Å². The molecule has 3 aromatic rings. The fourth-order valence-corrected chi connectivity index (χ4v) is 5.10. The average molecular weight is 434 g/mol. The molecular formula is C25H27N3O2S. The van der Waals surface area contributed by atoms with Crippen LogP contribution in [0, 0.1) is 5.41 Å². The lowest BCUT2D eigenvalue weighted by molar-refractivity contribution is -0.139. The molecule has 0 N–H and O–H groups in total. The van der Waals surface area contributed by atoms with Crippen LogP contribution in [0.3, 0.4) is 0 Å². The molecule has 3 heterocycles. The van der Waals surface area contributed by atoms with Crippen LogP contribution in [0.1, 0.15) is 17.5 Å². The van der Waals surface area contributed by atoms with E-state index < -0.39 is 5.41 Å². The summed E-state index contributed by atoms with van der Waals surface area (Å²) in [6, 6.07) is 16.4. The van der Waals surface area contributed by atoms with E-state index in [4.69, 9.17) is 0 Å². The van der Waals surface area contributed by atoms with Gasteiger partial charge in [0.05, 0.1) is 11.8 Å². The molecular weight excluding hydrogens is 406 g/mol. The Morgan fingerprint density at radius 1 is 1.10 bits per heavy atom. The van der Waals surface area contributed by atoms with Gasteiger partial charge in [-0.05, 0) is 47.0 Å². The first kappa shape index (κ1) is 21.2. The Bertz CT molecular complexity index is 1030. The highest BCUT2D eigenvalue weighted by molar-refractivity contribution is 7.13. The van der Waals surface area contributed by atoms with Crippen LogP contribution < -0.4 is 0 Å². The van der Waals surface area contributed by atoms with E-state index in [-0.39, 0.29) is 11.8 Å². The van der Waals surface area contributed by atoms with E-state index in [1.54, 1.807) is 42.7 Å². The summed E-state index contributed by atoms with van der Waals surface area (Å²) in [5.41, 5.74) is 2.62. The molecule has 0 saturated carbocycles. The molecule has 5 nitrogen and oxygen atoms in total. The first-order chi connectivity index (χ1) is 15.0. The predicted octanol–water partition coefficient (Wildman–Crippen LogP) is 3.90. The van der Waals surface area contributed by atoms with Crippen LogP contribution in [0.2, 0.25) is 0 Å². The lowest BCUT2D eigenvalue weighted by Crippen LogP contribution is -2.44. The van der Waals surface area contributed by atoms with Gasteiger partial charge in [-0.3, -0.25) is 14.6 Å². The summed E-state index contributed by atoms with van der Waals surface area (Å²) in [5, 5.41) is 2.07. The van der Waals surface area contributed by atoms with Gasteiger partial charge in [-0.1, -0.05) is 36.4 Å². The Hall–Kier alpha value is -2.99. The second-order valence-corrected chi connectivity index (χ2v) is 9.38. The zero-order valence-electron chi connectivity index (χ0n) is 18.0. The Balaban J connectivity index is 1.51. The molecule has 1 aliphatic rings. The van der Waals surface area contributed by atoms with Crippen molar-refractivity contribution < 1.29 is 9.59 Å². The Labute approximate surface area is 187 Å². The van der Waals surface area contributed by atoms with Gasteiger partial charge < -0.3 is 9.80 Å². The number of pyridine rings is 1. The number of amides is 2. The highest BCUT2D eigenvalue weighted by Crippen LogP contribution is 2.37. The molecule has 4 rings (SSSR count). The number of likely N-dealkylation sites (tertiary alicyclic amines) is 1. The van der Waals surface area contributed by atoms with Crippen LogP contribution in [0.4, 0.5) is 0 Å². The van der Waals surface area contributed by atoms with Gasteiger partial charge in [0.2, 0.25) is 11.8 Å². The molecule has 0 radical (unpaired) electrons. The summed E-state index contributed by atoms with van der Waals surface area (Å²) >= 11 is 1.72. The molecule has 0 spiro atoms. The molecule has 0 aliphatic carbocycles. The van der Waals surface area contributed by atoms with Gasteiger partial charge in [0, 0.05) is 44.5 Å². The highest BCUT2D eigenvalue weighted by Gasteiger charge is 2.46. The minimum atomic E-state index is -0.585. The number of carbonyl (C=O) groups excluding carboxylic acids is 2. The fourth-order valence-electron chi connectivity index (χ4n) is 4.36. The molecule has 1 fully saturated rings. The normalized spacial score (nSPS) is 18.2. The van der Waals surface area contributed by atoms with Crippen molar-refractivity contribution in [2.75, 3.05) is 27.2 Å². The molecule has 1 atom stereocenters. The van der Waals surface area contributed by atoms with Crippen molar-refractivity contribution in [3.05, 3.63) is 77.4 Å². The van der Waals surface area contributed by atoms with E-state index in [0.717, 1.165) is 11.1 Å². The van der Waals surface area contributed by atoms with Crippen molar-refractivity contribution in [1.29, 1.82) is 0 Å². The van der Waals surface area contributed by atoms with Gasteiger partial charge in [-0.2, -0.15) is 0 Å². The van der Waals surface area contributed by atoms with Crippen LogP contribution in [-0.4, -0.2) is 53.8 Å². The number of thiophene rings is 1. The third kappa shape index (κ3) is 4.69. The summed E-state index contributed by atoms with van der Waals surface area (Å²) in [5.74, 6) is 0.140. The standard InChI is InChI=1S/C25H27N3O2S/c1-27(2)24(30)25(16-19-7-9-21(10-8-19)22-6-4-14-31-22)11-13-28(18-25)23(29)15-20-5-3-12-26-17-20/h3-10,12,14,17H,11,13,15-16,18H2,1-2H3/t25-/m1/s1. The molecule has 0 unspecified atom stereocenters. The van der Waals surface area contributed by atoms with E-state index in [1.165, 1.54) is 10.4 Å². The maximum Gasteiger partial charge on any atom is 0.230 e. The highest BCUT2D eigenvalue weighted by atomic mass is 32.1. The smallest absolute Gasteiger partial charge is 0.230 e. The SMILES string of the molecule is CN(C)C(=O)[C@@]1(Cc2ccc(-c3cccs3)cc2)CCN(C(=O)Cc2cccnc2)C1. The van der Waals surface area contributed by atoms with Crippen LogP contribution in [0.25, 0.3) is 10.4 Å². The van der Waals surface area contributed by atoms with Crippen molar-refractivity contribution in [2.45, 2.75) is 19.3 Å². The first-order valence-corrected chi connectivity index (χ1v) is 11.4. The molecule has 2 aromatic heterocycles. The zero-order valence-corrected chi connectivity index (χ0v) is 18.8. The number of nitrogens with zero attached hydrogens (tertiary/aromatic N) is 3. The second kappa shape index (κ2) is 9.02. The average Bonchev–Trinajstić information content (AvgIpc) is 3.46. The summed E-state index contributed by atoms with van der Waals surface area (Å²) in [7, 11) is 3.59. The zero-order chi connectivity index (χ0) is 21.8. The number of hydrogen-bond acceptors (Lipinski definition) is 4. The molecule has 31 heavy (non-hydrogen) atoms. The largest absolute Gasteiger partial charge is 0.348 e. The number of carbonyl (C=O) groups is 2. The quantitative estimate of drug-likeness (QED) is 0.592. The monoisotopic (exact) mass is 433 g/mol. The van der Waals surface area contributed by atoms with E-state index >= 15 is 0 Å². The van der Waals surface area contributed by atoms with Crippen LogP contribution in [0.15, 0.2) is 66.3 Å². The molecule has 0 bridgehead atoms. The van der Waals surface area contributed by atoms with Gasteiger partial charge in [-0.25, -0.2) is 0 Å². The van der Waals surface area contributed by atoms with Crippen molar-refractivity contribution in [3.63, 3.8) is 0 Å². The van der Waals surface area contributed by atoms with Crippen LogP contribution in [0.5, 0.6) is 0 Å². The minimum Gasteiger partial charge on any atom is -0.348 e. The molecule has 2 amide bonds. The molecule has 1 saturated heterocycles. The minimum absolute atomic E-state index is 0.0504. The van der Waals surface area contributed by atoms with Gasteiger partial charge in [0.15, 0.2) is 0 Å². The second-order valence-electron chi connectivity index (χ2n) is 8.43. The number of hydrogen-bond donors (Lipinski definition) is 0. The maximum atomic E-state index is 13.2. The summed E-state index contributed by atoms with van der Waals surface area (Å²) in [6.07, 6.45) is 5.05. The summed E-state index contributed by atoms with van der Waals surface area (Å²) < 4.78 is 0. The van der Waals surface area contributed by atoms with Gasteiger partial charge in [0.1, 0.15) is 0 Å². The maximum absolute atomic E-state index is 13.2. The van der Waals surface area contributed by atoms with Crippen molar-refractivity contribution in [3.8, 4) is 10.4 Å². The van der Waals surface area contributed by atoms with Crippen LogP contribution in [-0.2, 0) is 22.4 Å².